The minimum Gasteiger partial charge on any atom is -0.373 e. The van der Waals surface area contributed by atoms with Crippen LogP contribution in [0.25, 0.3) is 0 Å². The van der Waals surface area contributed by atoms with Crippen LogP contribution in [0.3, 0.4) is 0 Å². The molecule has 0 aliphatic heterocycles. The van der Waals surface area contributed by atoms with E-state index in [0.717, 1.165) is 23.4 Å². The van der Waals surface area contributed by atoms with Crippen molar-refractivity contribution in [2.75, 3.05) is 18.9 Å². The number of aromatic nitrogens is 1. The number of pyridine rings is 1. The van der Waals surface area contributed by atoms with Gasteiger partial charge in [0, 0.05) is 29.8 Å². The highest BCUT2D eigenvalue weighted by Crippen LogP contribution is 2.17. The van der Waals surface area contributed by atoms with Gasteiger partial charge in [-0.15, -0.1) is 0 Å². The number of hydrogen-bond donors (Lipinski definition) is 2. The van der Waals surface area contributed by atoms with Crippen molar-refractivity contribution in [1.29, 1.82) is 0 Å². The molecule has 1 aromatic rings. The summed E-state index contributed by atoms with van der Waals surface area (Å²) in [5.74, 6) is 1.61. The van der Waals surface area contributed by atoms with Gasteiger partial charge in [0.25, 0.3) is 0 Å². The molecule has 0 spiro atoms. The summed E-state index contributed by atoms with van der Waals surface area (Å²) < 4.78 is 1.02. The maximum Gasteiger partial charge on any atom is 0.130 e. The van der Waals surface area contributed by atoms with E-state index >= 15 is 0 Å². The third-order valence-electron chi connectivity index (χ3n) is 2.04. The summed E-state index contributed by atoms with van der Waals surface area (Å²) in [5.41, 5.74) is 1.19. The second kappa shape index (κ2) is 6.08. The molecule has 15 heavy (non-hydrogen) atoms. The SMILES string of the molecule is CNc1ncc(Br)cc1CNCC(C)C. The van der Waals surface area contributed by atoms with Gasteiger partial charge in [0.1, 0.15) is 5.82 Å². The molecule has 0 atom stereocenters. The first-order chi connectivity index (χ1) is 7.13. The van der Waals surface area contributed by atoms with Crippen molar-refractivity contribution < 1.29 is 0 Å². The van der Waals surface area contributed by atoms with Gasteiger partial charge in [-0.1, -0.05) is 13.8 Å². The van der Waals surface area contributed by atoms with Gasteiger partial charge >= 0.3 is 0 Å². The minimum atomic E-state index is 0.670. The van der Waals surface area contributed by atoms with E-state index in [1.165, 1.54) is 5.56 Å². The molecule has 0 aliphatic carbocycles. The first kappa shape index (κ1) is 12.5. The third-order valence-corrected chi connectivity index (χ3v) is 2.47. The summed E-state index contributed by atoms with van der Waals surface area (Å²) >= 11 is 3.43. The predicted molar refractivity (Wildman–Crippen MR) is 68.0 cm³/mol. The van der Waals surface area contributed by atoms with Crippen LogP contribution in [-0.4, -0.2) is 18.6 Å². The Labute approximate surface area is 99.8 Å². The molecule has 1 aromatic heterocycles. The summed E-state index contributed by atoms with van der Waals surface area (Å²) in [6, 6.07) is 2.09. The molecule has 0 fully saturated rings. The molecular weight excluding hydrogens is 254 g/mol. The van der Waals surface area contributed by atoms with Gasteiger partial charge in [-0.05, 0) is 34.5 Å². The van der Waals surface area contributed by atoms with E-state index in [0.29, 0.717) is 5.92 Å². The topological polar surface area (TPSA) is 37.0 Å². The predicted octanol–water partition coefficient (Wildman–Crippen LogP) is 2.63. The molecule has 0 amide bonds. The van der Waals surface area contributed by atoms with Gasteiger partial charge < -0.3 is 10.6 Å². The molecule has 0 aliphatic rings. The van der Waals surface area contributed by atoms with Crippen LogP contribution in [0.1, 0.15) is 19.4 Å². The Bertz CT molecular complexity index is 313. The highest BCUT2D eigenvalue weighted by atomic mass is 79.9. The smallest absolute Gasteiger partial charge is 0.130 e. The Morgan fingerprint density at radius 2 is 2.20 bits per heavy atom. The van der Waals surface area contributed by atoms with Crippen LogP contribution in [0.5, 0.6) is 0 Å². The number of nitrogens with zero attached hydrogens (tertiary/aromatic N) is 1. The molecular formula is C11H18BrN3. The maximum absolute atomic E-state index is 4.30. The number of nitrogens with one attached hydrogen (secondary N) is 2. The normalized spacial score (nSPS) is 10.7. The molecule has 0 unspecified atom stereocenters. The van der Waals surface area contributed by atoms with Gasteiger partial charge in [0.15, 0.2) is 0 Å². The van der Waals surface area contributed by atoms with Crippen molar-refractivity contribution in [3.05, 3.63) is 22.3 Å². The van der Waals surface area contributed by atoms with E-state index in [9.17, 15) is 0 Å². The fourth-order valence-electron chi connectivity index (χ4n) is 1.34. The van der Waals surface area contributed by atoms with E-state index < -0.39 is 0 Å². The molecule has 4 heteroatoms. The lowest BCUT2D eigenvalue weighted by molar-refractivity contribution is 0.552. The van der Waals surface area contributed by atoms with E-state index in [2.05, 4.69) is 51.5 Å². The van der Waals surface area contributed by atoms with Gasteiger partial charge in [-0.3, -0.25) is 0 Å². The number of rotatable bonds is 5. The number of anilines is 1. The van der Waals surface area contributed by atoms with Crippen molar-refractivity contribution in [2.24, 2.45) is 5.92 Å². The van der Waals surface area contributed by atoms with Crippen LogP contribution in [0.15, 0.2) is 16.7 Å². The molecule has 0 aromatic carbocycles. The lowest BCUT2D eigenvalue weighted by Crippen LogP contribution is -2.19. The zero-order valence-corrected chi connectivity index (χ0v) is 11.1. The molecule has 1 rings (SSSR count). The Hall–Kier alpha value is -0.610. The quantitative estimate of drug-likeness (QED) is 0.865. The van der Waals surface area contributed by atoms with Crippen molar-refractivity contribution in [3.8, 4) is 0 Å². The first-order valence-electron chi connectivity index (χ1n) is 5.16. The standard InChI is InChI=1S/C11H18BrN3/c1-8(2)5-14-6-9-4-10(12)7-15-11(9)13-3/h4,7-8,14H,5-6H2,1-3H3,(H,13,15). The molecule has 0 saturated heterocycles. The van der Waals surface area contributed by atoms with Gasteiger partial charge in [0.2, 0.25) is 0 Å². The van der Waals surface area contributed by atoms with Crippen LogP contribution in [-0.2, 0) is 6.54 Å². The van der Waals surface area contributed by atoms with Gasteiger partial charge in [0.05, 0.1) is 0 Å². The van der Waals surface area contributed by atoms with Crippen LogP contribution >= 0.6 is 15.9 Å². The fourth-order valence-corrected chi connectivity index (χ4v) is 1.72. The Kier molecular flexibility index (Phi) is 5.05. The zero-order chi connectivity index (χ0) is 11.3. The summed E-state index contributed by atoms with van der Waals surface area (Å²) in [7, 11) is 1.89. The largest absolute Gasteiger partial charge is 0.373 e. The Morgan fingerprint density at radius 3 is 2.80 bits per heavy atom. The van der Waals surface area contributed by atoms with Crippen LogP contribution in [0, 0.1) is 5.92 Å². The monoisotopic (exact) mass is 271 g/mol. The van der Waals surface area contributed by atoms with Crippen molar-refractivity contribution in [2.45, 2.75) is 20.4 Å². The van der Waals surface area contributed by atoms with Gasteiger partial charge in [-0.25, -0.2) is 4.98 Å². The Balaban J connectivity index is 2.62. The highest BCUT2D eigenvalue weighted by Gasteiger charge is 2.03. The second-order valence-electron chi connectivity index (χ2n) is 3.94. The average Bonchev–Trinajstić information content (AvgIpc) is 2.17. The molecule has 3 nitrogen and oxygen atoms in total. The van der Waals surface area contributed by atoms with Crippen LogP contribution < -0.4 is 10.6 Å². The lowest BCUT2D eigenvalue weighted by atomic mass is 10.2. The third kappa shape index (κ3) is 4.18. The summed E-state index contributed by atoms with van der Waals surface area (Å²) in [6.07, 6.45) is 1.80. The zero-order valence-electron chi connectivity index (χ0n) is 9.47. The summed E-state index contributed by atoms with van der Waals surface area (Å²) in [4.78, 5) is 4.30. The van der Waals surface area contributed by atoms with E-state index in [1.54, 1.807) is 6.20 Å². The van der Waals surface area contributed by atoms with Crippen molar-refractivity contribution in [1.82, 2.24) is 10.3 Å². The van der Waals surface area contributed by atoms with Crippen LogP contribution in [0.2, 0.25) is 0 Å². The van der Waals surface area contributed by atoms with Gasteiger partial charge in [-0.2, -0.15) is 0 Å². The molecule has 2 N–H and O–H groups in total. The number of halogens is 1. The summed E-state index contributed by atoms with van der Waals surface area (Å²) in [6.45, 7) is 6.27. The molecule has 0 saturated carbocycles. The number of hydrogen-bond acceptors (Lipinski definition) is 3. The fraction of sp³-hybridized carbons (Fsp3) is 0.545. The van der Waals surface area contributed by atoms with E-state index in [1.807, 2.05) is 7.05 Å². The first-order valence-corrected chi connectivity index (χ1v) is 5.95. The lowest BCUT2D eigenvalue weighted by Gasteiger charge is -2.11. The van der Waals surface area contributed by atoms with E-state index in [4.69, 9.17) is 0 Å². The van der Waals surface area contributed by atoms with Crippen molar-refractivity contribution in [3.63, 3.8) is 0 Å². The molecule has 0 radical (unpaired) electrons. The van der Waals surface area contributed by atoms with Crippen molar-refractivity contribution >= 4 is 21.7 Å². The molecule has 0 bridgehead atoms. The Morgan fingerprint density at radius 1 is 1.47 bits per heavy atom. The average molecular weight is 272 g/mol. The van der Waals surface area contributed by atoms with E-state index in [-0.39, 0.29) is 0 Å². The minimum absolute atomic E-state index is 0.670. The highest BCUT2D eigenvalue weighted by molar-refractivity contribution is 9.10. The molecule has 84 valence electrons. The molecule has 1 heterocycles. The summed E-state index contributed by atoms with van der Waals surface area (Å²) in [5, 5.41) is 6.49. The maximum atomic E-state index is 4.30. The second-order valence-corrected chi connectivity index (χ2v) is 4.85. The van der Waals surface area contributed by atoms with Crippen LogP contribution in [0.4, 0.5) is 5.82 Å².